The maximum atomic E-state index is 5.44. The minimum absolute atomic E-state index is 0.254. The van der Waals surface area contributed by atoms with Crippen LogP contribution >= 0.6 is 0 Å². The Balaban J connectivity index is 2.09. The first kappa shape index (κ1) is 13.7. The van der Waals surface area contributed by atoms with Gasteiger partial charge in [-0.05, 0) is 32.0 Å². The lowest BCUT2D eigenvalue weighted by molar-refractivity contribution is 0.401. The smallest absolute Gasteiger partial charge is 0.123 e. The third-order valence-electron chi connectivity index (χ3n) is 3.49. The van der Waals surface area contributed by atoms with E-state index >= 15 is 0 Å². The molecule has 0 saturated carbocycles. The summed E-state index contributed by atoms with van der Waals surface area (Å²) in [6.07, 6.45) is 2.06. The Hall–Kier alpha value is -1.74. The molecule has 1 heterocycles. The molecular formula is C16H22N2O. The molecule has 0 unspecified atom stereocenters. The fraction of sp³-hybridized carbons (Fsp3) is 0.375. The first-order valence-electron chi connectivity index (χ1n) is 6.60. The van der Waals surface area contributed by atoms with Gasteiger partial charge in [-0.2, -0.15) is 0 Å². The number of methoxy groups -OCH3 is 1. The lowest BCUT2D eigenvalue weighted by Gasteiger charge is -2.18. The highest BCUT2D eigenvalue weighted by molar-refractivity contribution is 5.38. The molecule has 3 nitrogen and oxygen atoms in total. The second-order valence-corrected chi connectivity index (χ2v) is 4.96. The summed E-state index contributed by atoms with van der Waals surface area (Å²) in [5.41, 5.74) is 3.73. The lowest BCUT2D eigenvalue weighted by Crippen LogP contribution is -2.20. The minimum Gasteiger partial charge on any atom is -0.496 e. The molecule has 0 bridgehead atoms. The third kappa shape index (κ3) is 3.18. The van der Waals surface area contributed by atoms with Crippen molar-refractivity contribution in [1.82, 2.24) is 9.88 Å². The van der Waals surface area contributed by atoms with Crippen molar-refractivity contribution in [2.24, 2.45) is 7.05 Å². The predicted molar refractivity (Wildman–Crippen MR) is 78.4 cm³/mol. The summed E-state index contributed by atoms with van der Waals surface area (Å²) < 4.78 is 7.57. The van der Waals surface area contributed by atoms with E-state index in [9.17, 15) is 0 Å². The van der Waals surface area contributed by atoms with Gasteiger partial charge in [-0.3, -0.25) is 0 Å². The van der Waals surface area contributed by atoms with E-state index in [1.807, 2.05) is 6.07 Å². The van der Waals surface area contributed by atoms with Gasteiger partial charge in [0.05, 0.1) is 7.11 Å². The molecule has 1 atom stereocenters. The number of aromatic nitrogens is 1. The van der Waals surface area contributed by atoms with Crippen molar-refractivity contribution in [2.75, 3.05) is 7.11 Å². The Morgan fingerprint density at radius 3 is 2.74 bits per heavy atom. The first-order chi connectivity index (χ1) is 9.11. The number of hydrogen-bond donors (Lipinski definition) is 1. The van der Waals surface area contributed by atoms with Crippen LogP contribution in [0.15, 0.2) is 36.5 Å². The zero-order chi connectivity index (χ0) is 13.8. The van der Waals surface area contributed by atoms with Crippen molar-refractivity contribution in [3.63, 3.8) is 0 Å². The van der Waals surface area contributed by atoms with Crippen LogP contribution in [-0.4, -0.2) is 11.7 Å². The van der Waals surface area contributed by atoms with Crippen LogP contribution < -0.4 is 10.1 Å². The highest BCUT2D eigenvalue weighted by atomic mass is 16.5. The molecule has 0 fully saturated rings. The summed E-state index contributed by atoms with van der Waals surface area (Å²) in [4.78, 5) is 0. The quantitative estimate of drug-likeness (QED) is 0.891. The molecule has 1 aromatic carbocycles. The second-order valence-electron chi connectivity index (χ2n) is 4.96. The van der Waals surface area contributed by atoms with Gasteiger partial charge in [0.15, 0.2) is 0 Å². The average Bonchev–Trinajstić information content (AvgIpc) is 2.81. The van der Waals surface area contributed by atoms with E-state index in [-0.39, 0.29) is 6.04 Å². The number of aryl methyl sites for hydroxylation is 2. The Kier molecular flexibility index (Phi) is 4.27. The Labute approximate surface area is 115 Å². The van der Waals surface area contributed by atoms with Gasteiger partial charge in [-0.15, -0.1) is 0 Å². The van der Waals surface area contributed by atoms with Gasteiger partial charge in [0.1, 0.15) is 5.75 Å². The summed E-state index contributed by atoms with van der Waals surface area (Å²) in [6.45, 7) is 5.12. The SMILES string of the molecule is COc1ccc(C)cc1[C@H](C)NCc1cccn1C. The van der Waals surface area contributed by atoms with E-state index in [1.165, 1.54) is 16.8 Å². The van der Waals surface area contributed by atoms with Crippen LogP contribution in [0.3, 0.4) is 0 Å². The van der Waals surface area contributed by atoms with E-state index < -0.39 is 0 Å². The molecule has 1 N–H and O–H groups in total. The van der Waals surface area contributed by atoms with Gasteiger partial charge in [0.25, 0.3) is 0 Å². The number of nitrogens with one attached hydrogen (secondary N) is 1. The molecule has 0 radical (unpaired) electrons. The Bertz CT molecular complexity index is 545. The summed E-state index contributed by atoms with van der Waals surface area (Å²) in [5, 5.41) is 3.54. The van der Waals surface area contributed by atoms with Gasteiger partial charge >= 0.3 is 0 Å². The topological polar surface area (TPSA) is 26.2 Å². The highest BCUT2D eigenvalue weighted by Gasteiger charge is 2.11. The van der Waals surface area contributed by atoms with Crippen LogP contribution in [0.5, 0.6) is 5.75 Å². The van der Waals surface area contributed by atoms with E-state index in [2.05, 4.69) is 61.2 Å². The van der Waals surface area contributed by atoms with E-state index in [0.717, 1.165) is 12.3 Å². The van der Waals surface area contributed by atoms with E-state index in [1.54, 1.807) is 7.11 Å². The lowest BCUT2D eigenvalue weighted by atomic mass is 10.0. The molecule has 19 heavy (non-hydrogen) atoms. The number of ether oxygens (including phenoxy) is 1. The average molecular weight is 258 g/mol. The van der Waals surface area contributed by atoms with Crippen molar-refractivity contribution in [3.8, 4) is 5.75 Å². The maximum Gasteiger partial charge on any atom is 0.123 e. The summed E-state index contributed by atoms with van der Waals surface area (Å²) in [5.74, 6) is 0.942. The van der Waals surface area contributed by atoms with Crippen molar-refractivity contribution in [1.29, 1.82) is 0 Å². The van der Waals surface area contributed by atoms with Crippen LogP contribution in [0.1, 0.15) is 29.8 Å². The molecule has 0 saturated heterocycles. The molecule has 0 spiro atoms. The van der Waals surface area contributed by atoms with Crippen molar-refractivity contribution >= 4 is 0 Å². The van der Waals surface area contributed by atoms with E-state index in [4.69, 9.17) is 4.74 Å². The van der Waals surface area contributed by atoms with Crippen molar-refractivity contribution in [3.05, 3.63) is 53.3 Å². The maximum absolute atomic E-state index is 5.44. The number of rotatable bonds is 5. The van der Waals surface area contributed by atoms with Crippen LogP contribution in [0, 0.1) is 6.92 Å². The molecule has 3 heteroatoms. The molecule has 1 aromatic heterocycles. The molecule has 0 amide bonds. The molecule has 102 valence electrons. The van der Waals surface area contributed by atoms with Crippen LogP contribution in [0.4, 0.5) is 0 Å². The van der Waals surface area contributed by atoms with Crippen LogP contribution in [0.25, 0.3) is 0 Å². The largest absolute Gasteiger partial charge is 0.496 e. The molecule has 0 aliphatic carbocycles. The molecule has 0 aliphatic heterocycles. The highest BCUT2D eigenvalue weighted by Crippen LogP contribution is 2.26. The molecule has 2 rings (SSSR count). The normalized spacial score (nSPS) is 12.4. The number of hydrogen-bond acceptors (Lipinski definition) is 2. The van der Waals surface area contributed by atoms with E-state index in [0.29, 0.717) is 0 Å². The fourth-order valence-corrected chi connectivity index (χ4v) is 2.24. The number of nitrogens with zero attached hydrogens (tertiary/aromatic N) is 1. The second kappa shape index (κ2) is 5.93. The Morgan fingerprint density at radius 1 is 1.32 bits per heavy atom. The first-order valence-corrected chi connectivity index (χ1v) is 6.60. The van der Waals surface area contributed by atoms with Gasteiger partial charge in [-0.1, -0.05) is 17.7 Å². The summed E-state index contributed by atoms with van der Waals surface area (Å²) in [6, 6.07) is 10.7. The van der Waals surface area contributed by atoms with Crippen LogP contribution in [-0.2, 0) is 13.6 Å². The van der Waals surface area contributed by atoms with Gasteiger partial charge < -0.3 is 14.6 Å². The van der Waals surface area contributed by atoms with Crippen LogP contribution in [0.2, 0.25) is 0 Å². The fourth-order valence-electron chi connectivity index (χ4n) is 2.24. The standard InChI is InChI=1S/C16H22N2O/c1-12-7-8-16(19-4)15(10-12)13(2)17-11-14-6-5-9-18(14)3/h5-10,13,17H,11H2,1-4H3/t13-/m0/s1. The van der Waals surface area contributed by atoms with Crippen molar-refractivity contribution in [2.45, 2.75) is 26.4 Å². The summed E-state index contributed by atoms with van der Waals surface area (Å²) >= 11 is 0. The molecular weight excluding hydrogens is 236 g/mol. The van der Waals surface area contributed by atoms with Gasteiger partial charge in [0, 0.05) is 37.1 Å². The van der Waals surface area contributed by atoms with Gasteiger partial charge in [0.2, 0.25) is 0 Å². The minimum atomic E-state index is 0.254. The van der Waals surface area contributed by atoms with Crippen molar-refractivity contribution < 1.29 is 4.74 Å². The number of benzene rings is 1. The zero-order valence-electron chi connectivity index (χ0n) is 12.1. The summed E-state index contributed by atoms with van der Waals surface area (Å²) in [7, 11) is 3.78. The molecule has 0 aliphatic rings. The predicted octanol–water partition coefficient (Wildman–Crippen LogP) is 3.19. The zero-order valence-corrected chi connectivity index (χ0v) is 12.1. The third-order valence-corrected chi connectivity index (χ3v) is 3.49. The van der Waals surface area contributed by atoms with Gasteiger partial charge in [-0.25, -0.2) is 0 Å². The molecule has 2 aromatic rings. The monoisotopic (exact) mass is 258 g/mol. The Morgan fingerprint density at radius 2 is 2.11 bits per heavy atom.